The first-order valence-corrected chi connectivity index (χ1v) is 8.75. The van der Waals surface area contributed by atoms with Crippen molar-refractivity contribution in [2.75, 3.05) is 20.1 Å². The Morgan fingerprint density at radius 3 is 2.90 bits per heavy atom. The van der Waals surface area contributed by atoms with Crippen molar-refractivity contribution in [2.45, 2.75) is 50.9 Å². The van der Waals surface area contributed by atoms with Crippen LogP contribution in [0.15, 0.2) is 17.5 Å². The zero-order valence-electron chi connectivity index (χ0n) is 13.1. The summed E-state index contributed by atoms with van der Waals surface area (Å²) in [4.78, 5) is 18.6. The molecule has 2 aliphatic heterocycles. The molecule has 3 rings (SSSR count). The van der Waals surface area contributed by atoms with E-state index in [1.807, 2.05) is 6.92 Å². The maximum absolute atomic E-state index is 12.9. The van der Waals surface area contributed by atoms with Gasteiger partial charge in [-0.1, -0.05) is 13.0 Å². The minimum absolute atomic E-state index is 0.0384. The molecule has 116 valence electrons. The van der Waals surface area contributed by atoms with Gasteiger partial charge in [0.25, 0.3) is 0 Å². The number of hydrogen-bond donors (Lipinski definition) is 1. The lowest BCUT2D eigenvalue weighted by Gasteiger charge is -2.29. The fourth-order valence-corrected chi connectivity index (χ4v) is 4.21. The van der Waals surface area contributed by atoms with Crippen molar-refractivity contribution < 1.29 is 4.79 Å². The third-order valence-electron chi connectivity index (χ3n) is 5.10. The Balaban J connectivity index is 1.84. The highest BCUT2D eigenvalue weighted by molar-refractivity contribution is 7.10. The van der Waals surface area contributed by atoms with Gasteiger partial charge in [0, 0.05) is 17.5 Å². The molecule has 4 nitrogen and oxygen atoms in total. The van der Waals surface area contributed by atoms with Gasteiger partial charge >= 0.3 is 0 Å². The van der Waals surface area contributed by atoms with E-state index in [0.29, 0.717) is 6.04 Å². The van der Waals surface area contributed by atoms with Crippen molar-refractivity contribution >= 4 is 17.2 Å². The van der Waals surface area contributed by atoms with Gasteiger partial charge in [0.05, 0.1) is 5.54 Å². The van der Waals surface area contributed by atoms with Crippen LogP contribution in [0.2, 0.25) is 0 Å². The van der Waals surface area contributed by atoms with Crippen LogP contribution in [0.1, 0.15) is 44.2 Å². The van der Waals surface area contributed by atoms with E-state index >= 15 is 0 Å². The van der Waals surface area contributed by atoms with Gasteiger partial charge in [0.2, 0.25) is 5.91 Å². The minimum Gasteiger partial charge on any atom is -0.319 e. The van der Waals surface area contributed by atoms with Crippen LogP contribution in [0, 0.1) is 0 Å². The second-order valence-corrected chi connectivity index (χ2v) is 7.46. The van der Waals surface area contributed by atoms with E-state index in [9.17, 15) is 4.79 Å². The van der Waals surface area contributed by atoms with Gasteiger partial charge in [-0.3, -0.25) is 10.1 Å². The molecule has 2 saturated heterocycles. The number of likely N-dealkylation sites (N-methyl/N-ethyl adjacent to an activating group) is 1. The third kappa shape index (κ3) is 2.62. The van der Waals surface area contributed by atoms with Crippen molar-refractivity contribution in [3.05, 3.63) is 22.4 Å². The molecule has 0 saturated carbocycles. The number of amides is 1. The van der Waals surface area contributed by atoms with E-state index in [4.69, 9.17) is 0 Å². The summed E-state index contributed by atoms with van der Waals surface area (Å²) in [5.74, 6) is 0.253. The van der Waals surface area contributed by atoms with Crippen LogP contribution in [0.5, 0.6) is 0 Å². The van der Waals surface area contributed by atoms with Gasteiger partial charge in [-0.15, -0.1) is 11.3 Å². The topological polar surface area (TPSA) is 35.6 Å². The average molecular weight is 307 g/mol. The average Bonchev–Trinajstić information content (AvgIpc) is 3.17. The van der Waals surface area contributed by atoms with Crippen LogP contribution in [0.4, 0.5) is 0 Å². The zero-order valence-corrected chi connectivity index (χ0v) is 13.9. The van der Waals surface area contributed by atoms with Gasteiger partial charge in [0.1, 0.15) is 6.17 Å². The van der Waals surface area contributed by atoms with Gasteiger partial charge in [-0.2, -0.15) is 0 Å². The van der Waals surface area contributed by atoms with Crippen molar-refractivity contribution in [1.29, 1.82) is 0 Å². The predicted octanol–water partition coefficient (Wildman–Crippen LogP) is 2.44. The molecule has 1 aromatic heterocycles. The second kappa shape index (κ2) is 5.71. The van der Waals surface area contributed by atoms with E-state index in [2.05, 4.69) is 46.6 Å². The normalized spacial score (nSPS) is 34.0. The molecule has 2 fully saturated rings. The summed E-state index contributed by atoms with van der Waals surface area (Å²) in [6.45, 7) is 6.10. The first-order chi connectivity index (χ1) is 10.0. The summed E-state index contributed by atoms with van der Waals surface area (Å²) in [7, 11) is 2.17. The monoisotopic (exact) mass is 307 g/mol. The molecule has 0 aromatic carbocycles. The molecule has 1 N–H and O–H groups in total. The van der Waals surface area contributed by atoms with E-state index in [0.717, 1.165) is 19.5 Å². The molecule has 5 heteroatoms. The van der Waals surface area contributed by atoms with Crippen LogP contribution in [-0.2, 0) is 4.79 Å². The van der Waals surface area contributed by atoms with Crippen molar-refractivity contribution in [3.63, 3.8) is 0 Å². The molecule has 0 bridgehead atoms. The van der Waals surface area contributed by atoms with Crippen LogP contribution in [0.3, 0.4) is 0 Å². The summed E-state index contributed by atoms with van der Waals surface area (Å²) in [5, 5.41) is 5.66. The number of nitrogens with zero attached hydrogens (tertiary/aromatic N) is 2. The zero-order chi connectivity index (χ0) is 15.0. The molecular formula is C16H25N3OS. The Morgan fingerprint density at radius 2 is 2.33 bits per heavy atom. The fraction of sp³-hybridized carbons (Fsp3) is 0.688. The van der Waals surface area contributed by atoms with Crippen molar-refractivity contribution in [2.24, 2.45) is 0 Å². The summed E-state index contributed by atoms with van der Waals surface area (Å²) in [5.41, 5.74) is -0.425. The van der Waals surface area contributed by atoms with E-state index in [-0.39, 0.29) is 12.1 Å². The molecule has 2 aliphatic rings. The van der Waals surface area contributed by atoms with Crippen molar-refractivity contribution in [1.82, 2.24) is 15.1 Å². The lowest BCUT2D eigenvalue weighted by Crippen LogP contribution is -2.45. The Kier molecular flexibility index (Phi) is 4.08. The molecule has 3 unspecified atom stereocenters. The molecule has 3 heterocycles. The second-order valence-electron chi connectivity index (χ2n) is 6.48. The summed E-state index contributed by atoms with van der Waals surface area (Å²) < 4.78 is 0. The maximum Gasteiger partial charge on any atom is 0.244 e. The number of rotatable bonds is 4. The van der Waals surface area contributed by atoms with Crippen LogP contribution < -0.4 is 5.32 Å². The Hall–Kier alpha value is -0.910. The van der Waals surface area contributed by atoms with Crippen LogP contribution in [0.25, 0.3) is 0 Å². The van der Waals surface area contributed by atoms with Crippen LogP contribution in [-0.4, -0.2) is 47.4 Å². The highest BCUT2D eigenvalue weighted by Crippen LogP contribution is 2.35. The lowest BCUT2D eigenvalue weighted by atomic mass is 9.99. The number of hydrogen-bond acceptors (Lipinski definition) is 4. The van der Waals surface area contributed by atoms with Gasteiger partial charge in [0.15, 0.2) is 0 Å². The van der Waals surface area contributed by atoms with E-state index < -0.39 is 5.54 Å². The lowest BCUT2D eigenvalue weighted by molar-refractivity contribution is -0.133. The fourth-order valence-electron chi connectivity index (χ4n) is 3.43. The van der Waals surface area contributed by atoms with Gasteiger partial charge in [-0.25, -0.2) is 0 Å². The third-order valence-corrected chi connectivity index (χ3v) is 6.02. The molecule has 21 heavy (non-hydrogen) atoms. The molecule has 0 aliphatic carbocycles. The maximum atomic E-state index is 12.9. The van der Waals surface area contributed by atoms with Crippen LogP contribution >= 0.6 is 11.3 Å². The SMILES string of the molecule is CCC1(C)NC(c2cccs2)N(CC2CCCN2C)C1=O. The number of carbonyl (C=O) groups is 1. The largest absolute Gasteiger partial charge is 0.319 e. The number of likely N-dealkylation sites (tertiary alicyclic amines) is 1. The highest BCUT2D eigenvalue weighted by Gasteiger charge is 2.48. The van der Waals surface area contributed by atoms with E-state index in [1.54, 1.807) is 11.3 Å². The molecular weight excluding hydrogens is 282 g/mol. The van der Waals surface area contributed by atoms with Gasteiger partial charge in [-0.05, 0) is 51.2 Å². The molecule has 0 spiro atoms. The highest BCUT2D eigenvalue weighted by atomic mass is 32.1. The first-order valence-electron chi connectivity index (χ1n) is 7.87. The molecule has 0 radical (unpaired) electrons. The Labute approximate surface area is 131 Å². The standard InChI is InChI=1S/C16H25N3OS/c1-4-16(2)15(20)19(11-12-7-5-9-18(12)3)14(17-16)13-8-6-10-21-13/h6,8,10,12,14,17H,4-5,7,9,11H2,1-3H3. The molecule has 1 aromatic rings. The number of carbonyl (C=O) groups excluding carboxylic acids is 1. The molecule has 3 atom stereocenters. The number of nitrogens with one attached hydrogen (secondary N) is 1. The minimum atomic E-state index is -0.425. The number of thiophene rings is 1. The smallest absolute Gasteiger partial charge is 0.244 e. The van der Waals surface area contributed by atoms with Gasteiger partial charge < -0.3 is 9.80 Å². The Morgan fingerprint density at radius 1 is 1.52 bits per heavy atom. The quantitative estimate of drug-likeness (QED) is 0.928. The van der Waals surface area contributed by atoms with Crippen molar-refractivity contribution in [3.8, 4) is 0 Å². The predicted molar refractivity (Wildman–Crippen MR) is 86.3 cm³/mol. The Bertz CT molecular complexity index is 504. The summed E-state index contributed by atoms with van der Waals surface area (Å²) >= 11 is 1.73. The molecule has 1 amide bonds. The summed E-state index contributed by atoms with van der Waals surface area (Å²) in [6, 6.07) is 4.69. The van der Waals surface area contributed by atoms with E-state index in [1.165, 1.54) is 17.7 Å². The summed E-state index contributed by atoms with van der Waals surface area (Å²) in [6.07, 6.45) is 3.30. The first kappa shape index (κ1) is 15.0.